The van der Waals surface area contributed by atoms with Crippen LogP contribution in [0.3, 0.4) is 0 Å². The lowest BCUT2D eigenvalue weighted by Crippen LogP contribution is -2.55. The fraction of sp³-hybridized carbons (Fsp3) is 0.435. The molecular formula is C23H31N3O5S. The minimum atomic E-state index is -3.80. The monoisotopic (exact) mass is 461 g/mol. The van der Waals surface area contributed by atoms with Gasteiger partial charge in [-0.1, -0.05) is 43.2 Å². The van der Waals surface area contributed by atoms with E-state index in [0.717, 1.165) is 24.8 Å². The van der Waals surface area contributed by atoms with E-state index in [2.05, 4.69) is 15.4 Å². The SMILES string of the molecule is COc1ccc(S(=O)(=O)NC2CCCCC2NC(=O)NCCc2ccccc2)cc1OC. The molecule has 3 N–H and O–H groups in total. The highest BCUT2D eigenvalue weighted by Gasteiger charge is 2.31. The lowest BCUT2D eigenvalue weighted by molar-refractivity contribution is 0.227. The zero-order valence-electron chi connectivity index (χ0n) is 18.5. The molecule has 0 spiro atoms. The Bertz CT molecular complexity index is 998. The van der Waals surface area contributed by atoms with E-state index < -0.39 is 10.0 Å². The van der Waals surface area contributed by atoms with Crippen LogP contribution in [0.5, 0.6) is 11.5 Å². The zero-order chi connectivity index (χ0) is 23.0. The first kappa shape index (κ1) is 23.9. The summed E-state index contributed by atoms with van der Waals surface area (Å²) in [5, 5.41) is 5.81. The van der Waals surface area contributed by atoms with Crippen LogP contribution in [0, 0.1) is 0 Å². The smallest absolute Gasteiger partial charge is 0.315 e. The van der Waals surface area contributed by atoms with Gasteiger partial charge in [0, 0.05) is 24.7 Å². The third-order valence-corrected chi connectivity index (χ3v) is 7.08. The fourth-order valence-corrected chi connectivity index (χ4v) is 5.21. The van der Waals surface area contributed by atoms with E-state index in [9.17, 15) is 13.2 Å². The van der Waals surface area contributed by atoms with Crippen molar-refractivity contribution in [2.45, 2.75) is 49.1 Å². The van der Waals surface area contributed by atoms with E-state index in [4.69, 9.17) is 9.47 Å². The van der Waals surface area contributed by atoms with Gasteiger partial charge in [-0.05, 0) is 37.0 Å². The van der Waals surface area contributed by atoms with Gasteiger partial charge >= 0.3 is 6.03 Å². The molecule has 0 bridgehead atoms. The van der Waals surface area contributed by atoms with Crippen LogP contribution in [0.25, 0.3) is 0 Å². The molecule has 1 saturated carbocycles. The topological polar surface area (TPSA) is 106 Å². The van der Waals surface area contributed by atoms with Gasteiger partial charge in [-0.15, -0.1) is 0 Å². The second kappa shape index (κ2) is 11.2. The van der Waals surface area contributed by atoms with Crippen molar-refractivity contribution in [3.8, 4) is 11.5 Å². The minimum absolute atomic E-state index is 0.0896. The molecule has 2 aromatic carbocycles. The number of benzene rings is 2. The molecule has 32 heavy (non-hydrogen) atoms. The number of carbonyl (C=O) groups is 1. The highest BCUT2D eigenvalue weighted by atomic mass is 32.2. The Balaban J connectivity index is 1.60. The fourth-order valence-electron chi connectivity index (χ4n) is 3.88. The second-order valence-electron chi connectivity index (χ2n) is 7.77. The summed E-state index contributed by atoms with van der Waals surface area (Å²) in [6, 6.07) is 13.4. The lowest BCUT2D eigenvalue weighted by Gasteiger charge is -2.32. The summed E-state index contributed by atoms with van der Waals surface area (Å²) >= 11 is 0. The Morgan fingerprint density at radius 1 is 0.969 bits per heavy atom. The van der Waals surface area contributed by atoms with Gasteiger partial charge in [0.15, 0.2) is 11.5 Å². The Labute approximate surface area is 189 Å². The molecule has 0 saturated heterocycles. The van der Waals surface area contributed by atoms with Gasteiger partial charge in [0.2, 0.25) is 10.0 Å². The summed E-state index contributed by atoms with van der Waals surface area (Å²) in [5.41, 5.74) is 1.14. The molecule has 1 fully saturated rings. The number of rotatable bonds is 9. The molecule has 1 aliphatic carbocycles. The van der Waals surface area contributed by atoms with Crippen LogP contribution in [0.4, 0.5) is 4.79 Å². The average Bonchev–Trinajstić information content (AvgIpc) is 2.80. The van der Waals surface area contributed by atoms with Gasteiger partial charge < -0.3 is 20.1 Å². The maximum absolute atomic E-state index is 13.0. The summed E-state index contributed by atoms with van der Waals surface area (Å²) < 4.78 is 39.2. The number of sulfonamides is 1. The predicted octanol–water partition coefficient (Wildman–Crippen LogP) is 2.84. The molecule has 2 aromatic rings. The van der Waals surface area contributed by atoms with Crippen molar-refractivity contribution in [1.82, 2.24) is 15.4 Å². The summed E-state index contributed by atoms with van der Waals surface area (Å²) in [6.07, 6.45) is 3.93. The molecule has 0 radical (unpaired) electrons. The number of urea groups is 1. The van der Waals surface area contributed by atoms with Crippen molar-refractivity contribution in [1.29, 1.82) is 0 Å². The number of methoxy groups -OCH3 is 2. The third-order valence-electron chi connectivity index (χ3n) is 5.60. The van der Waals surface area contributed by atoms with Crippen LogP contribution in [-0.2, 0) is 16.4 Å². The van der Waals surface area contributed by atoms with E-state index in [1.54, 1.807) is 6.07 Å². The van der Waals surface area contributed by atoms with Crippen molar-refractivity contribution in [3.05, 3.63) is 54.1 Å². The standard InChI is InChI=1S/C23H31N3O5S/c1-30-21-13-12-18(16-22(21)31-2)32(28,29)26-20-11-7-6-10-19(20)25-23(27)24-15-14-17-8-4-3-5-9-17/h3-5,8-9,12-13,16,19-20,26H,6-7,10-11,14-15H2,1-2H3,(H2,24,25,27). The van der Waals surface area contributed by atoms with E-state index in [0.29, 0.717) is 30.9 Å². The first-order valence-corrected chi connectivity index (χ1v) is 12.2. The van der Waals surface area contributed by atoms with Crippen LogP contribution in [0.2, 0.25) is 0 Å². The lowest BCUT2D eigenvalue weighted by atomic mass is 9.91. The third kappa shape index (κ3) is 6.37. The minimum Gasteiger partial charge on any atom is -0.493 e. The van der Waals surface area contributed by atoms with Crippen LogP contribution >= 0.6 is 0 Å². The predicted molar refractivity (Wildman–Crippen MR) is 123 cm³/mol. The summed E-state index contributed by atoms with van der Waals surface area (Å²) in [5.74, 6) is 0.794. The van der Waals surface area contributed by atoms with Gasteiger partial charge in [0.05, 0.1) is 19.1 Å². The molecule has 2 amide bonds. The summed E-state index contributed by atoms with van der Waals surface area (Å²) in [7, 11) is -0.845. The van der Waals surface area contributed by atoms with Gasteiger partial charge in [-0.3, -0.25) is 0 Å². The number of hydrogen-bond donors (Lipinski definition) is 3. The van der Waals surface area contributed by atoms with Crippen LogP contribution in [-0.4, -0.2) is 47.3 Å². The van der Waals surface area contributed by atoms with Crippen molar-refractivity contribution in [3.63, 3.8) is 0 Å². The Morgan fingerprint density at radius 3 is 2.34 bits per heavy atom. The van der Waals surface area contributed by atoms with Crippen LogP contribution < -0.4 is 24.8 Å². The molecular weight excluding hydrogens is 430 g/mol. The molecule has 2 unspecified atom stereocenters. The van der Waals surface area contributed by atoms with Gasteiger partial charge in [-0.25, -0.2) is 17.9 Å². The number of nitrogens with one attached hydrogen (secondary N) is 3. The Morgan fingerprint density at radius 2 is 1.66 bits per heavy atom. The van der Waals surface area contributed by atoms with Crippen LogP contribution in [0.15, 0.2) is 53.4 Å². The van der Waals surface area contributed by atoms with Crippen molar-refractivity contribution < 1.29 is 22.7 Å². The molecule has 1 aliphatic rings. The maximum atomic E-state index is 13.0. The van der Waals surface area contributed by atoms with E-state index >= 15 is 0 Å². The van der Waals surface area contributed by atoms with E-state index in [1.165, 1.54) is 26.4 Å². The highest BCUT2D eigenvalue weighted by molar-refractivity contribution is 7.89. The second-order valence-corrected chi connectivity index (χ2v) is 9.49. The molecule has 0 aliphatic heterocycles. The van der Waals surface area contributed by atoms with Crippen molar-refractivity contribution in [2.24, 2.45) is 0 Å². The maximum Gasteiger partial charge on any atom is 0.315 e. The quantitative estimate of drug-likeness (QED) is 0.533. The zero-order valence-corrected chi connectivity index (χ0v) is 19.3. The first-order valence-electron chi connectivity index (χ1n) is 10.8. The molecule has 2 atom stereocenters. The van der Waals surface area contributed by atoms with Crippen LogP contribution in [0.1, 0.15) is 31.2 Å². The molecule has 0 heterocycles. The summed E-state index contributed by atoms with van der Waals surface area (Å²) in [6.45, 7) is 0.505. The van der Waals surface area contributed by atoms with Gasteiger partial charge in [-0.2, -0.15) is 0 Å². The number of ether oxygens (including phenoxy) is 2. The summed E-state index contributed by atoms with van der Waals surface area (Å²) in [4.78, 5) is 12.5. The van der Waals surface area contributed by atoms with Gasteiger partial charge in [0.1, 0.15) is 0 Å². The first-order chi connectivity index (χ1) is 15.4. The molecule has 9 heteroatoms. The normalized spacial score (nSPS) is 18.6. The molecule has 174 valence electrons. The Kier molecular flexibility index (Phi) is 8.35. The molecule has 3 rings (SSSR count). The van der Waals surface area contributed by atoms with E-state index in [1.807, 2.05) is 30.3 Å². The number of amides is 2. The van der Waals surface area contributed by atoms with Crippen molar-refractivity contribution in [2.75, 3.05) is 20.8 Å². The number of carbonyl (C=O) groups excluding carboxylic acids is 1. The van der Waals surface area contributed by atoms with Crippen molar-refractivity contribution >= 4 is 16.1 Å². The highest BCUT2D eigenvalue weighted by Crippen LogP contribution is 2.30. The molecule has 0 aromatic heterocycles. The molecule has 8 nitrogen and oxygen atoms in total. The largest absolute Gasteiger partial charge is 0.493 e. The Hall–Kier alpha value is -2.78. The van der Waals surface area contributed by atoms with E-state index in [-0.39, 0.29) is 23.0 Å². The number of hydrogen-bond acceptors (Lipinski definition) is 5. The average molecular weight is 462 g/mol. The van der Waals surface area contributed by atoms with Gasteiger partial charge in [0.25, 0.3) is 0 Å².